The summed E-state index contributed by atoms with van der Waals surface area (Å²) in [5.74, 6) is 0.758. The molecule has 14 heavy (non-hydrogen) atoms. The molecule has 0 spiro atoms. The molecule has 0 saturated heterocycles. The number of urea groups is 1. The molecule has 1 atom stereocenters. The average molecular weight is 197 g/mol. The molecule has 0 saturated carbocycles. The molecule has 1 aliphatic rings. The van der Waals surface area contributed by atoms with Gasteiger partial charge in [-0.05, 0) is 31.7 Å². The first kappa shape index (κ1) is 11.0. The third kappa shape index (κ3) is 4.87. The van der Waals surface area contributed by atoms with Crippen molar-refractivity contribution in [3.63, 3.8) is 0 Å². The summed E-state index contributed by atoms with van der Waals surface area (Å²) in [6, 6.07) is -0.451. The molecule has 0 radical (unpaired) electrons. The molecule has 0 aromatic heterocycles. The van der Waals surface area contributed by atoms with Crippen LogP contribution in [0.2, 0.25) is 0 Å². The van der Waals surface area contributed by atoms with Gasteiger partial charge in [0.15, 0.2) is 0 Å². The van der Waals surface area contributed by atoms with Crippen molar-refractivity contribution in [2.24, 2.45) is 11.7 Å². The minimum absolute atomic E-state index is 0.451. The van der Waals surface area contributed by atoms with Gasteiger partial charge in [-0.3, -0.25) is 0 Å². The number of carbonyl (C=O) groups excluding carboxylic acids is 1. The van der Waals surface area contributed by atoms with Crippen molar-refractivity contribution in [3.8, 4) is 0 Å². The van der Waals surface area contributed by atoms with Gasteiger partial charge in [0.05, 0.1) is 0 Å². The van der Waals surface area contributed by atoms with Crippen LogP contribution in [0, 0.1) is 5.92 Å². The molecule has 0 fully saturated rings. The number of hydrogen-bond donors (Lipinski definition) is 3. The van der Waals surface area contributed by atoms with E-state index in [9.17, 15) is 4.79 Å². The zero-order valence-corrected chi connectivity index (χ0v) is 8.46. The first-order valence-electron chi connectivity index (χ1n) is 5.18. The molecule has 0 aromatic carbocycles. The smallest absolute Gasteiger partial charge is 0.312 e. The number of nitrogens with two attached hydrogens (primary N) is 1. The molecule has 4 heteroatoms. The first-order chi connectivity index (χ1) is 6.79. The Morgan fingerprint density at radius 2 is 2.29 bits per heavy atom. The van der Waals surface area contributed by atoms with E-state index in [1.165, 1.54) is 19.3 Å². The summed E-state index contributed by atoms with van der Waals surface area (Å²) in [4.78, 5) is 10.3. The third-order valence-corrected chi connectivity index (χ3v) is 2.41. The standard InChI is InChI=1S/C10H19N3O/c11-10(14)13-7-6-12-8-9-4-2-1-3-5-9/h1-2,9,12H,3-8H2,(H3,11,13,14). The summed E-state index contributed by atoms with van der Waals surface area (Å²) in [7, 11) is 0. The highest BCUT2D eigenvalue weighted by Crippen LogP contribution is 2.16. The molecule has 1 aliphatic carbocycles. The Morgan fingerprint density at radius 1 is 1.43 bits per heavy atom. The average Bonchev–Trinajstić information content (AvgIpc) is 2.18. The minimum atomic E-state index is -0.451. The van der Waals surface area contributed by atoms with Crippen LogP contribution in [0.15, 0.2) is 12.2 Å². The lowest BCUT2D eigenvalue weighted by atomic mass is 9.94. The van der Waals surface area contributed by atoms with Gasteiger partial charge in [0, 0.05) is 13.1 Å². The summed E-state index contributed by atoms with van der Waals surface area (Å²) >= 11 is 0. The quantitative estimate of drug-likeness (QED) is 0.446. The Balaban J connectivity index is 1.93. The molecule has 1 unspecified atom stereocenters. The molecule has 1 rings (SSSR count). The lowest BCUT2D eigenvalue weighted by Crippen LogP contribution is -2.36. The van der Waals surface area contributed by atoms with E-state index in [1.807, 2.05) is 0 Å². The van der Waals surface area contributed by atoms with E-state index in [-0.39, 0.29) is 0 Å². The van der Waals surface area contributed by atoms with Gasteiger partial charge >= 0.3 is 6.03 Å². The number of hydrogen-bond acceptors (Lipinski definition) is 2. The summed E-state index contributed by atoms with van der Waals surface area (Å²) < 4.78 is 0. The third-order valence-electron chi connectivity index (χ3n) is 2.41. The maximum atomic E-state index is 10.3. The number of primary amides is 1. The Bertz CT molecular complexity index is 204. The highest BCUT2D eigenvalue weighted by atomic mass is 16.2. The molecule has 0 aliphatic heterocycles. The van der Waals surface area contributed by atoms with E-state index < -0.39 is 6.03 Å². The molecule has 2 amide bonds. The summed E-state index contributed by atoms with van der Waals surface area (Å²) in [5.41, 5.74) is 4.93. The van der Waals surface area contributed by atoms with E-state index in [0.717, 1.165) is 19.0 Å². The van der Waals surface area contributed by atoms with Gasteiger partial charge in [-0.15, -0.1) is 0 Å². The summed E-state index contributed by atoms with van der Waals surface area (Å²) in [6.07, 6.45) is 8.14. The van der Waals surface area contributed by atoms with E-state index >= 15 is 0 Å². The van der Waals surface area contributed by atoms with Crippen molar-refractivity contribution >= 4 is 6.03 Å². The largest absolute Gasteiger partial charge is 0.352 e. The van der Waals surface area contributed by atoms with Crippen LogP contribution in [0.25, 0.3) is 0 Å². The van der Waals surface area contributed by atoms with Crippen LogP contribution in [0.1, 0.15) is 19.3 Å². The zero-order chi connectivity index (χ0) is 10.2. The number of rotatable bonds is 5. The molecule has 80 valence electrons. The predicted octanol–water partition coefficient (Wildman–Crippen LogP) is 0.601. The van der Waals surface area contributed by atoms with Crippen molar-refractivity contribution in [2.75, 3.05) is 19.6 Å². The first-order valence-corrected chi connectivity index (χ1v) is 5.18. The molecule has 0 heterocycles. The second kappa shape index (κ2) is 6.43. The van der Waals surface area contributed by atoms with Gasteiger partial charge in [-0.1, -0.05) is 12.2 Å². The normalized spacial score (nSPS) is 20.7. The maximum absolute atomic E-state index is 10.3. The predicted molar refractivity (Wildman–Crippen MR) is 56.9 cm³/mol. The molecular weight excluding hydrogens is 178 g/mol. The highest BCUT2D eigenvalue weighted by Gasteiger charge is 2.08. The second-order valence-electron chi connectivity index (χ2n) is 3.65. The van der Waals surface area contributed by atoms with Crippen LogP contribution < -0.4 is 16.4 Å². The number of allylic oxidation sites excluding steroid dienone is 2. The van der Waals surface area contributed by atoms with E-state index in [0.29, 0.717) is 6.54 Å². The van der Waals surface area contributed by atoms with Gasteiger partial charge in [-0.25, -0.2) is 4.79 Å². The molecule has 4 N–H and O–H groups in total. The van der Waals surface area contributed by atoms with Gasteiger partial charge < -0.3 is 16.4 Å². The van der Waals surface area contributed by atoms with Crippen LogP contribution in [-0.4, -0.2) is 25.7 Å². The van der Waals surface area contributed by atoms with Gasteiger partial charge in [-0.2, -0.15) is 0 Å². The van der Waals surface area contributed by atoms with Crippen molar-refractivity contribution < 1.29 is 4.79 Å². The molecular formula is C10H19N3O. The topological polar surface area (TPSA) is 67.2 Å². The minimum Gasteiger partial charge on any atom is -0.352 e. The van der Waals surface area contributed by atoms with E-state index in [2.05, 4.69) is 22.8 Å². The molecule has 0 bridgehead atoms. The Hall–Kier alpha value is -1.03. The summed E-state index contributed by atoms with van der Waals surface area (Å²) in [6.45, 7) is 2.44. The van der Waals surface area contributed by atoms with Crippen LogP contribution in [0.3, 0.4) is 0 Å². The zero-order valence-electron chi connectivity index (χ0n) is 8.46. The van der Waals surface area contributed by atoms with Crippen LogP contribution >= 0.6 is 0 Å². The monoisotopic (exact) mass is 197 g/mol. The van der Waals surface area contributed by atoms with Crippen molar-refractivity contribution in [3.05, 3.63) is 12.2 Å². The fraction of sp³-hybridized carbons (Fsp3) is 0.700. The van der Waals surface area contributed by atoms with Gasteiger partial charge in [0.2, 0.25) is 0 Å². The van der Waals surface area contributed by atoms with Crippen molar-refractivity contribution in [2.45, 2.75) is 19.3 Å². The molecule has 0 aromatic rings. The van der Waals surface area contributed by atoms with Gasteiger partial charge in [0.25, 0.3) is 0 Å². The lowest BCUT2D eigenvalue weighted by molar-refractivity contribution is 0.249. The SMILES string of the molecule is NC(=O)NCCNCC1CC=CCC1. The van der Waals surface area contributed by atoms with E-state index in [4.69, 9.17) is 5.73 Å². The highest BCUT2D eigenvalue weighted by molar-refractivity contribution is 5.71. The molecule has 4 nitrogen and oxygen atoms in total. The Kier molecular flexibility index (Phi) is 5.07. The van der Waals surface area contributed by atoms with Crippen LogP contribution in [0.4, 0.5) is 4.79 Å². The van der Waals surface area contributed by atoms with Crippen molar-refractivity contribution in [1.82, 2.24) is 10.6 Å². The number of nitrogens with one attached hydrogen (secondary N) is 2. The number of carbonyl (C=O) groups is 1. The lowest BCUT2D eigenvalue weighted by Gasteiger charge is -2.18. The fourth-order valence-electron chi connectivity index (χ4n) is 1.62. The summed E-state index contributed by atoms with van der Waals surface area (Å²) in [5, 5.41) is 5.85. The fourth-order valence-corrected chi connectivity index (χ4v) is 1.62. The Labute approximate surface area is 84.9 Å². The second-order valence-corrected chi connectivity index (χ2v) is 3.65. The number of amides is 2. The van der Waals surface area contributed by atoms with E-state index in [1.54, 1.807) is 0 Å². The van der Waals surface area contributed by atoms with Crippen LogP contribution in [-0.2, 0) is 0 Å². The van der Waals surface area contributed by atoms with Crippen LogP contribution in [0.5, 0.6) is 0 Å². The Morgan fingerprint density at radius 3 is 2.93 bits per heavy atom. The van der Waals surface area contributed by atoms with Crippen molar-refractivity contribution in [1.29, 1.82) is 0 Å². The van der Waals surface area contributed by atoms with Gasteiger partial charge in [0.1, 0.15) is 0 Å². The maximum Gasteiger partial charge on any atom is 0.312 e.